The number of piperidine rings is 1. The van der Waals surface area contributed by atoms with Gasteiger partial charge in [-0.2, -0.15) is 5.10 Å². The van der Waals surface area contributed by atoms with Crippen molar-refractivity contribution in [2.45, 2.75) is 65.2 Å². The number of halogens is 1. The molecule has 13 heteroatoms. The van der Waals surface area contributed by atoms with Crippen LogP contribution in [0.5, 0.6) is 0 Å². The molecule has 1 aliphatic rings. The minimum absolute atomic E-state index is 0.0648. The number of likely N-dealkylation sites (tertiary alicyclic amines) is 1. The molecule has 0 radical (unpaired) electrons. The predicted molar refractivity (Wildman–Crippen MR) is 153 cm³/mol. The molecule has 0 unspecified atom stereocenters. The summed E-state index contributed by atoms with van der Waals surface area (Å²) >= 11 is 0. The molecule has 1 fully saturated rings. The lowest BCUT2D eigenvalue weighted by molar-refractivity contribution is -0.126. The summed E-state index contributed by atoms with van der Waals surface area (Å²) in [4.78, 5) is 48.5. The van der Waals surface area contributed by atoms with Crippen LogP contribution in [-0.4, -0.2) is 67.4 Å². The Morgan fingerprint density at radius 2 is 1.76 bits per heavy atom. The molecule has 0 saturated carbocycles. The summed E-state index contributed by atoms with van der Waals surface area (Å²) in [5.41, 5.74) is 6.50. The van der Waals surface area contributed by atoms with Gasteiger partial charge in [-0.05, 0) is 63.8 Å². The number of hydrogen-bond donors (Lipinski definition) is 2. The van der Waals surface area contributed by atoms with Crippen LogP contribution in [0.25, 0.3) is 11.3 Å². The first kappa shape index (κ1) is 30.4. The molecule has 1 saturated heterocycles. The van der Waals surface area contributed by atoms with E-state index in [1.54, 1.807) is 31.1 Å². The highest BCUT2D eigenvalue weighted by Gasteiger charge is 2.30. The van der Waals surface area contributed by atoms with Gasteiger partial charge in [-0.1, -0.05) is 13.8 Å². The Morgan fingerprint density at radius 3 is 2.38 bits per heavy atom. The van der Waals surface area contributed by atoms with Crippen molar-refractivity contribution in [2.24, 2.45) is 5.92 Å². The van der Waals surface area contributed by atoms with Gasteiger partial charge in [-0.25, -0.2) is 23.9 Å². The number of esters is 1. The second-order valence-electron chi connectivity index (χ2n) is 11.5. The van der Waals surface area contributed by atoms with Gasteiger partial charge >= 0.3 is 12.1 Å². The van der Waals surface area contributed by atoms with Crippen molar-refractivity contribution in [1.82, 2.24) is 24.6 Å². The first-order chi connectivity index (χ1) is 19.8. The van der Waals surface area contributed by atoms with Gasteiger partial charge in [-0.15, -0.1) is 0 Å². The number of nitrogens with zero attached hydrogens (tertiary/aromatic N) is 5. The number of anilines is 2. The average Bonchev–Trinajstić information content (AvgIpc) is 3.42. The Morgan fingerprint density at radius 1 is 1.10 bits per heavy atom. The fraction of sp³-hybridized carbons (Fsp3) is 0.448. The van der Waals surface area contributed by atoms with Crippen molar-refractivity contribution >= 4 is 29.5 Å². The Bertz CT molecular complexity index is 1430. The van der Waals surface area contributed by atoms with E-state index >= 15 is 0 Å². The van der Waals surface area contributed by atoms with Crippen molar-refractivity contribution in [2.75, 3.05) is 24.1 Å². The van der Waals surface area contributed by atoms with Crippen LogP contribution < -0.4 is 11.1 Å². The Hall–Kier alpha value is -4.55. The number of aromatic nitrogens is 4. The molecule has 3 heterocycles. The van der Waals surface area contributed by atoms with E-state index in [1.807, 2.05) is 25.5 Å². The molecule has 42 heavy (non-hydrogen) atoms. The van der Waals surface area contributed by atoms with E-state index in [9.17, 15) is 18.8 Å². The number of hydrogen-bond acceptors (Lipinski definition) is 9. The van der Waals surface area contributed by atoms with Crippen LogP contribution in [0.15, 0.2) is 42.9 Å². The number of nitrogen functional groups attached to an aromatic ring is 1. The summed E-state index contributed by atoms with van der Waals surface area (Å²) in [6, 6.07) is 5.30. The zero-order valence-electron chi connectivity index (χ0n) is 24.3. The van der Waals surface area contributed by atoms with Gasteiger partial charge in [-0.3, -0.25) is 9.48 Å². The summed E-state index contributed by atoms with van der Waals surface area (Å²) in [6.07, 6.45) is 4.75. The SMILES string of the molecule is CC(C)[C@@H](OC(=O)c1nc(-c2cnn(C3CCN(C(=O)OC(C)(C)C)CC3)c2)cnc1N)C(=O)Nc1ccc(F)cc1. The molecule has 1 atom stereocenters. The van der Waals surface area contributed by atoms with E-state index in [1.165, 1.54) is 30.5 Å². The van der Waals surface area contributed by atoms with E-state index in [0.29, 0.717) is 42.9 Å². The van der Waals surface area contributed by atoms with Gasteiger partial charge in [0.15, 0.2) is 17.6 Å². The molecule has 1 aliphatic heterocycles. The van der Waals surface area contributed by atoms with Crippen molar-refractivity contribution in [3.8, 4) is 11.3 Å². The maximum Gasteiger partial charge on any atom is 0.410 e. The Labute approximate surface area is 243 Å². The number of carbonyl (C=O) groups is 3. The Balaban J connectivity index is 1.42. The van der Waals surface area contributed by atoms with Crippen LogP contribution in [0.3, 0.4) is 0 Å². The average molecular weight is 582 g/mol. The fourth-order valence-electron chi connectivity index (χ4n) is 4.41. The quantitative estimate of drug-likeness (QED) is 0.385. The zero-order valence-corrected chi connectivity index (χ0v) is 24.3. The van der Waals surface area contributed by atoms with Gasteiger partial charge in [0.1, 0.15) is 11.4 Å². The highest BCUT2D eigenvalue weighted by molar-refractivity contribution is 5.98. The lowest BCUT2D eigenvalue weighted by Crippen LogP contribution is -2.42. The van der Waals surface area contributed by atoms with Crippen molar-refractivity contribution < 1.29 is 28.2 Å². The number of benzene rings is 1. The van der Waals surface area contributed by atoms with Crippen LogP contribution in [0.4, 0.5) is 20.7 Å². The first-order valence-electron chi connectivity index (χ1n) is 13.7. The van der Waals surface area contributed by atoms with Crippen molar-refractivity contribution in [1.29, 1.82) is 0 Å². The molecule has 3 N–H and O–H groups in total. The zero-order chi connectivity index (χ0) is 30.6. The second kappa shape index (κ2) is 12.5. The van der Waals surface area contributed by atoms with E-state index in [2.05, 4.69) is 20.4 Å². The normalized spacial score (nSPS) is 14.9. The number of ether oxygens (including phenoxy) is 2. The molecule has 0 bridgehead atoms. The summed E-state index contributed by atoms with van der Waals surface area (Å²) in [5.74, 6) is -2.45. The smallest absolute Gasteiger partial charge is 0.410 e. The summed E-state index contributed by atoms with van der Waals surface area (Å²) in [7, 11) is 0. The van der Waals surface area contributed by atoms with Gasteiger partial charge in [0.2, 0.25) is 0 Å². The third kappa shape index (κ3) is 7.59. The predicted octanol–water partition coefficient (Wildman–Crippen LogP) is 4.45. The number of nitrogens with two attached hydrogens (primary N) is 1. The van der Waals surface area contributed by atoms with Crippen LogP contribution in [0.2, 0.25) is 0 Å². The minimum Gasteiger partial charge on any atom is -0.447 e. The monoisotopic (exact) mass is 581 g/mol. The lowest BCUT2D eigenvalue weighted by atomic mass is 10.1. The number of rotatable bonds is 7. The van der Waals surface area contributed by atoms with Gasteiger partial charge < -0.3 is 25.4 Å². The fourth-order valence-corrected chi connectivity index (χ4v) is 4.41. The molecule has 3 aromatic rings. The third-order valence-corrected chi connectivity index (χ3v) is 6.59. The molecule has 224 valence electrons. The van der Waals surface area contributed by atoms with Gasteiger partial charge in [0, 0.05) is 30.5 Å². The molecule has 12 nitrogen and oxygen atoms in total. The standard InChI is InChI=1S/C29H36FN7O5/c1-17(2)24(26(38)34-20-8-6-19(30)7-9-20)41-27(39)23-25(31)32-15-22(35-23)18-14-33-37(16-18)21-10-12-36(13-11-21)28(40)42-29(3,4)5/h6-9,14-17,21,24H,10-13H2,1-5H3,(H2,31,32)(H,34,38)/t24-/m1/s1. The molecule has 2 aromatic heterocycles. The molecular weight excluding hydrogens is 545 g/mol. The summed E-state index contributed by atoms with van der Waals surface area (Å²) in [6.45, 7) is 10.0. The van der Waals surface area contributed by atoms with Crippen molar-refractivity contribution in [3.63, 3.8) is 0 Å². The highest BCUT2D eigenvalue weighted by atomic mass is 19.1. The molecule has 4 rings (SSSR count). The second-order valence-corrected chi connectivity index (χ2v) is 11.5. The highest BCUT2D eigenvalue weighted by Crippen LogP contribution is 2.26. The van der Waals surface area contributed by atoms with E-state index < -0.39 is 29.4 Å². The van der Waals surface area contributed by atoms with Gasteiger partial charge in [0.05, 0.1) is 24.1 Å². The largest absolute Gasteiger partial charge is 0.447 e. The maximum atomic E-state index is 13.2. The molecule has 2 amide bonds. The van der Waals surface area contributed by atoms with E-state index in [-0.39, 0.29) is 29.6 Å². The summed E-state index contributed by atoms with van der Waals surface area (Å²) < 4.78 is 26.0. The number of carbonyl (C=O) groups excluding carboxylic acids is 3. The minimum atomic E-state index is -1.17. The van der Waals surface area contributed by atoms with E-state index in [4.69, 9.17) is 15.2 Å². The number of nitrogens with one attached hydrogen (secondary N) is 1. The van der Waals surface area contributed by atoms with Crippen LogP contribution in [-0.2, 0) is 14.3 Å². The maximum absolute atomic E-state index is 13.2. The van der Waals surface area contributed by atoms with Crippen LogP contribution in [0.1, 0.15) is 64.0 Å². The van der Waals surface area contributed by atoms with E-state index in [0.717, 1.165) is 0 Å². The number of amides is 2. The molecule has 1 aromatic carbocycles. The summed E-state index contributed by atoms with van der Waals surface area (Å²) in [5, 5.41) is 7.09. The third-order valence-electron chi connectivity index (χ3n) is 6.59. The van der Waals surface area contributed by atoms with Crippen molar-refractivity contribution in [3.05, 3.63) is 54.4 Å². The molecule has 0 spiro atoms. The lowest BCUT2D eigenvalue weighted by Gasteiger charge is -2.33. The Kier molecular flexibility index (Phi) is 9.08. The van der Waals surface area contributed by atoms with Crippen LogP contribution in [0, 0.1) is 11.7 Å². The molecule has 0 aliphatic carbocycles. The topological polar surface area (TPSA) is 155 Å². The van der Waals surface area contributed by atoms with Gasteiger partial charge in [0.25, 0.3) is 5.91 Å². The molecular formula is C29H36FN7O5. The first-order valence-corrected chi connectivity index (χ1v) is 13.7. The van der Waals surface area contributed by atoms with Crippen LogP contribution >= 0.6 is 0 Å².